The lowest BCUT2D eigenvalue weighted by Gasteiger charge is -2.20. The molecule has 0 saturated carbocycles. The van der Waals surface area contributed by atoms with Crippen molar-refractivity contribution >= 4 is 50.7 Å². The second-order valence-corrected chi connectivity index (χ2v) is 8.24. The summed E-state index contributed by atoms with van der Waals surface area (Å²) < 4.78 is 6.26. The molecule has 2 aliphatic rings. The molecule has 0 aliphatic carbocycles. The fourth-order valence-electron chi connectivity index (χ4n) is 3.91. The second kappa shape index (κ2) is 8.47. The van der Waals surface area contributed by atoms with Crippen LogP contribution < -0.4 is 19.9 Å². The number of anilines is 3. The van der Waals surface area contributed by atoms with Crippen LogP contribution in [-0.4, -0.2) is 37.9 Å². The lowest BCUT2D eigenvalue weighted by molar-refractivity contribution is -0.122. The van der Waals surface area contributed by atoms with Crippen molar-refractivity contribution in [3.05, 3.63) is 46.9 Å². The van der Waals surface area contributed by atoms with Gasteiger partial charge in [-0.15, -0.1) is 0 Å². The van der Waals surface area contributed by atoms with Crippen molar-refractivity contribution in [3.8, 4) is 5.75 Å². The zero-order valence-corrected chi connectivity index (χ0v) is 18.1. The van der Waals surface area contributed by atoms with Gasteiger partial charge in [-0.2, -0.15) is 0 Å². The predicted molar refractivity (Wildman–Crippen MR) is 118 cm³/mol. The van der Waals surface area contributed by atoms with E-state index in [0.717, 1.165) is 16.6 Å². The van der Waals surface area contributed by atoms with Crippen molar-refractivity contribution in [2.24, 2.45) is 5.92 Å². The molecule has 0 spiro atoms. The fourth-order valence-corrected chi connectivity index (χ4v) is 4.41. The topological polar surface area (TPSA) is 79.0 Å². The van der Waals surface area contributed by atoms with E-state index in [-0.39, 0.29) is 24.1 Å². The molecule has 2 aliphatic heterocycles. The zero-order chi connectivity index (χ0) is 21.3. The number of hydrogen-bond donors (Lipinski definition) is 1. The Labute approximate surface area is 183 Å². The minimum atomic E-state index is -0.449. The third-order valence-electron chi connectivity index (χ3n) is 5.45. The molecule has 3 amide bonds. The Kier molecular flexibility index (Phi) is 5.76. The Hall–Kier alpha value is -2.87. The monoisotopic (exact) mass is 471 g/mol. The predicted octanol–water partition coefficient (Wildman–Crippen LogP) is 3.58. The van der Waals surface area contributed by atoms with Crippen molar-refractivity contribution in [2.75, 3.05) is 35.3 Å². The molecular weight excluding hydrogens is 450 g/mol. The Morgan fingerprint density at radius 3 is 2.60 bits per heavy atom. The number of amides is 3. The second-order valence-electron chi connectivity index (χ2n) is 7.38. The first-order chi connectivity index (χ1) is 14.5. The number of methoxy groups -OCH3 is 1. The summed E-state index contributed by atoms with van der Waals surface area (Å²) in [7, 11) is 1.54. The summed E-state index contributed by atoms with van der Waals surface area (Å²) in [5, 5.41) is 2.88. The molecule has 7 nitrogen and oxygen atoms in total. The van der Waals surface area contributed by atoms with Gasteiger partial charge in [0.05, 0.1) is 24.4 Å². The highest BCUT2D eigenvalue weighted by molar-refractivity contribution is 9.10. The number of carbonyl (C=O) groups is 3. The number of nitrogens with one attached hydrogen (secondary N) is 1. The molecule has 1 N–H and O–H groups in total. The van der Waals surface area contributed by atoms with Crippen LogP contribution in [0.3, 0.4) is 0 Å². The smallest absolute Gasteiger partial charge is 0.229 e. The molecule has 2 aromatic carbocycles. The van der Waals surface area contributed by atoms with Gasteiger partial charge in [0.2, 0.25) is 17.7 Å². The van der Waals surface area contributed by atoms with Crippen LogP contribution in [0.1, 0.15) is 19.3 Å². The van der Waals surface area contributed by atoms with E-state index in [9.17, 15) is 14.4 Å². The van der Waals surface area contributed by atoms with E-state index in [1.54, 1.807) is 28.0 Å². The molecule has 2 saturated heterocycles. The largest absolute Gasteiger partial charge is 0.494 e. The molecule has 1 atom stereocenters. The number of nitrogens with zero attached hydrogens (tertiary/aromatic N) is 2. The summed E-state index contributed by atoms with van der Waals surface area (Å²) in [6.07, 6.45) is 1.51. The van der Waals surface area contributed by atoms with Crippen LogP contribution in [0.5, 0.6) is 5.75 Å². The van der Waals surface area contributed by atoms with Gasteiger partial charge in [0.25, 0.3) is 0 Å². The molecule has 0 aromatic heterocycles. The third-order valence-corrected chi connectivity index (χ3v) is 6.12. The number of benzene rings is 2. The number of para-hydroxylation sites is 1. The lowest BCUT2D eigenvalue weighted by Crippen LogP contribution is -2.28. The van der Waals surface area contributed by atoms with Gasteiger partial charge in [-0.25, -0.2) is 0 Å². The molecule has 8 heteroatoms. The first kappa shape index (κ1) is 20.4. The van der Waals surface area contributed by atoms with E-state index in [1.807, 2.05) is 24.3 Å². The minimum Gasteiger partial charge on any atom is -0.494 e. The first-order valence-corrected chi connectivity index (χ1v) is 10.6. The molecule has 2 fully saturated rings. The van der Waals surface area contributed by atoms with Crippen molar-refractivity contribution in [2.45, 2.75) is 19.3 Å². The molecule has 4 rings (SSSR count). The van der Waals surface area contributed by atoms with Gasteiger partial charge >= 0.3 is 0 Å². The van der Waals surface area contributed by atoms with E-state index >= 15 is 0 Å². The number of halogens is 1. The Bertz CT molecular complexity index is 1010. The molecule has 1 unspecified atom stereocenters. The summed E-state index contributed by atoms with van der Waals surface area (Å²) in [6, 6.07) is 12.7. The Balaban J connectivity index is 1.47. The average Bonchev–Trinajstić information content (AvgIpc) is 3.34. The first-order valence-electron chi connectivity index (χ1n) is 9.82. The van der Waals surface area contributed by atoms with Gasteiger partial charge in [-0.3, -0.25) is 14.4 Å². The summed E-state index contributed by atoms with van der Waals surface area (Å²) in [6.45, 7) is 0.987. The number of hydrogen-bond acceptors (Lipinski definition) is 4. The SMILES string of the molecule is COc1cc(NC(=O)C2CC(=O)N(c3ccccc3Br)C2)ccc1N1CCCC1=O. The maximum absolute atomic E-state index is 12.8. The fraction of sp³-hybridized carbons (Fsp3) is 0.318. The van der Waals surface area contributed by atoms with E-state index in [4.69, 9.17) is 4.74 Å². The van der Waals surface area contributed by atoms with Crippen LogP contribution in [0.15, 0.2) is 46.9 Å². The van der Waals surface area contributed by atoms with Crippen molar-refractivity contribution in [1.82, 2.24) is 0 Å². The summed E-state index contributed by atoms with van der Waals surface area (Å²) in [5.41, 5.74) is 2.03. The highest BCUT2D eigenvalue weighted by atomic mass is 79.9. The van der Waals surface area contributed by atoms with Crippen LogP contribution in [0.2, 0.25) is 0 Å². The molecule has 30 heavy (non-hydrogen) atoms. The summed E-state index contributed by atoms with van der Waals surface area (Å²) in [4.78, 5) is 40.7. The van der Waals surface area contributed by atoms with Crippen LogP contribution in [-0.2, 0) is 14.4 Å². The third kappa shape index (κ3) is 3.92. The molecule has 2 heterocycles. The van der Waals surface area contributed by atoms with Gasteiger partial charge in [0, 0.05) is 42.2 Å². The van der Waals surface area contributed by atoms with Crippen molar-refractivity contribution in [3.63, 3.8) is 0 Å². The summed E-state index contributed by atoms with van der Waals surface area (Å²) >= 11 is 3.46. The molecule has 2 aromatic rings. The Morgan fingerprint density at radius 2 is 1.90 bits per heavy atom. The van der Waals surface area contributed by atoms with Gasteiger partial charge in [-0.1, -0.05) is 12.1 Å². The Morgan fingerprint density at radius 1 is 1.10 bits per heavy atom. The van der Waals surface area contributed by atoms with Gasteiger partial charge < -0.3 is 19.9 Å². The average molecular weight is 472 g/mol. The van der Waals surface area contributed by atoms with E-state index in [1.165, 1.54) is 7.11 Å². The summed E-state index contributed by atoms with van der Waals surface area (Å²) in [5.74, 6) is -0.148. The van der Waals surface area contributed by atoms with Gasteiger partial charge in [0.15, 0.2) is 0 Å². The van der Waals surface area contributed by atoms with Crippen LogP contribution in [0.25, 0.3) is 0 Å². The van der Waals surface area contributed by atoms with Crippen LogP contribution >= 0.6 is 15.9 Å². The van der Waals surface area contributed by atoms with Crippen molar-refractivity contribution < 1.29 is 19.1 Å². The quantitative estimate of drug-likeness (QED) is 0.722. The van der Waals surface area contributed by atoms with E-state index < -0.39 is 5.92 Å². The standard InChI is InChI=1S/C22H22BrN3O4/c1-30-19-12-15(8-9-18(19)25-10-4-7-20(25)27)24-22(29)14-11-21(28)26(13-14)17-6-3-2-5-16(17)23/h2-3,5-6,8-9,12,14H,4,7,10-11,13H2,1H3,(H,24,29). The highest BCUT2D eigenvalue weighted by Crippen LogP contribution is 2.35. The normalized spacial score (nSPS) is 18.8. The molecule has 0 bridgehead atoms. The lowest BCUT2D eigenvalue weighted by atomic mass is 10.1. The van der Waals surface area contributed by atoms with Crippen LogP contribution in [0, 0.1) is 5.92 Å². The number of carbonyl (C=O) groups excluding carboxylic acids is 3. The van der Waals surface area contributed by atoms with Crippen LogP contribution in [0.4, 0.5) is 17.1 Å². The number of ether oxygens (including phenoxy) is 1. The van der Waals surface area contributed by atoms with E-state index in [2.05, 4.69) is 21.2 Å². The van der Waals surface area contributed by atoms with Gasteiger partial charge in [-0.05, 0) is 46.6 Å². The van der Waals surface area contributed by atoms with E-state index in [0.29, 0.717) is 36.6 Å². The van der Waals surface area contributed by atoms with Gasteiger partial charge in [0.1, 0.15) is 5.75 Å². The molecule has 156 valence electrons. The highest BCUT2D eigenvalue weighted by Gasteiger charge is 2.36. The minimum absolute atomic E-state index is 0.0710. The maximum atomic E-state index is 12.8. The molecular formula is C22H22BrN3O4. The number of rotatable bonds is 5. The zero-order valence-electron chi connectivity index (χ0n) is 16.6. The maximum Gasteiger partial charge on any atom is 0.229 e. The van der Waals surface area contributed by atoms with Crippen molar-refractivity contribution in [1.29, 1.82) is 0 Å². The molecule has 0 radical (unpaired) electrons.